The largest absolute Gasteiger partial charge is 0.419 e. The lowest BCUT2D eigenvalue weighted by Gasteiger charge is -2.26. The number of halogens is 4. The lowest BCUT2D eigenvalue weighted by molar-refractivity contribution is -0.140. The van der Waals surface area contributed by atoms with Gasteiger partial charge in [0.05, 0.1) is 17.7 Å². The van der Waals surface area contributed by atoms with Gasteiger partial charge in [-0.1, -0.05) is 13.0 Å². The van der Waals surface area contributed by atoms with Crippen LogP contribution in [0.25, 0.3) is 0 Å². The molecular formula is C14H19F4NO. The first-order valence-corrected chi connectivity index (χ1v) is 6.52. The van der Waals surface area contributed by atoms with Crippen LogP contribution in [0, 0.1) is 5.82 Å². The normalized spacial score (nSPS) is 15.2. The van der Waals surface area contributed by atoms with Gasteiger partial charge >= 0.3 is 6.18 Å². The molecule has 0 aliphatic heterocycles. The van der Waals surface area contributed by atoms with Crippen LogP contribution in [0.15, 0.2) is 18.2 Å². The van der Waals surface area contributed by atoms with Crippen LogP contribution in [0.3, 0.4) is 0 Å². The van der Waals surface area contributed by atoms with Gasteiger partial charge < -0.3 is 10.1 Å². The number of nitrogens with one attached hydrogen (secondary N) is 1. The van der Waals surface area contributed by atoms with Gasteiger partial charge in [0.15, 0.2) is 0 Å². The first-order valence-electron chi connectivity index (χ1n) is 6.52. The molecule has 2 atom stereocenters. The van der Waals surface area contributed by atoms with Gasteiger partial charge in [-0.15, -0.1) is 0 Å². The number of alkyl halides is 3. The van der Waals surface area contributed by atoms with Crippen LogP contribution in [-0.4, -0.2) is 19.3 Å². The molecule has 2 unspecified atom stereocenters. The van der Waals surface area contributed by atoms with Crippen molar-refractivity contribution in [2.24, 2.45) is 0 Å². The summed E-state index contributed by atoms with van der Waals surface area (Å²) in [6.07, 6.45) is -5.02. The van der Waals surface area contributed by atoms with E-state index < -0.39 is 23.6 Å². The number of benzene rings is 1. The predicted octanol–water partition coefficient (Wildman–Crippen LogP) is 3.92. The van der Waals surface area contributed by atoms with Crippen molar-refractivity contribution in [2.45, 2.75) is 39.1 Å². The predicted molar refractivity (Wildman–Crippen MR) is 68.9 cm³/mol. The molecule has 0 aromatic heterocycles. The lowest BCUT2D eigenvalue weighted by Crippen LogP contribution is -2.32. The van der Waals surface area contributed by atoms with E-state index in [2.05, 4.69) is 5.32 Å². The number of ether oxygens (including phenoxy) is 1. The van der Waals surface area contributed by atoms with Gasteiger partial charge in [-0.25, -0.2) is 4.39 Å². The van der Waals surface area contributed by atoms with E-state index in [4.69, 9.17) is 4.74 Å². The molecular weight excluding hydrogens is 274 g/mol. The summed E-state index contributed by atoms with van der Waals surface area (Å²) in [6.45, 7) is 6.45. The van der Waals surface area contributed by atoms with Crippen molar-refractivity contribution in [1.82, 2.24) is 5.32 Å². The fourth-order valence-electron chi connectivity index (χ4n) is 2.09. The minimum Gasteiger partial charge on any atom is -0.377 e. The molecule has 0 radical (unpaired) electrons. The first kappa shape index (κ1) is 16.9. The molecule has 0 heterocycles. The average molecular weight is 293 g/mol. The Hall–Kier alpha value is -1.14. The van der Waals surface area contributed by atoms with E-state index in [1.54, 1.807) is 6.92 Å². The molecule has 1 rings (SSSR count). The maximum atomic E-state index is 13.3. The van der Waals surface area contributed by atoms with Crippen LogP contribution in [0.2, 0.25) is 0 Å². The van der Waals surface area contributed by atoms with Gasteiger partial charge in [-0.3, -0.25) is 0 Å². The van der Waals surface area contributed by atoms with Crippen molar-refractivity contribution < 1.29 is 22.3 Å². The second-order valence-electron chi connectivity index (χ2n) is 4.43. The fraction of sp³-hybridized carbons (Fsp3) is 0.571. The van der Waals surface area contributed by atoms with Gasteiger partial charge in [-0.2, -0.15) is 13.2 Å². The van der Waals surface area contributed by atoms with Gasteiger partial charge in [0, 0.05) is 6.61 Å². The highest BCUT2D eigenvalue weighted by Gasteiger charge is 2.35. The molecule has 0 saturated carbocycles. The minimum atomic E-state index is -4.70. The van der Waals surface area contributed by atoms with E-state index in [0.29, 0.717) is 18.7 Å². The van der Waals surface area contributed by atoms with Crippen LogP contribution < -0.4 is 5.32 Å². The van der Waals surface area contributed by atoms with Gasteiger partial charge in [-0.05, 0) is 38.1 Å². The molecule has 0 aliphatic carbocycles. The molecule has 0 spiro atoms. The van der Waals surface area contributed by atoms with Crippen molar-refractivity contribution in [1.29, 1.82) is 0 Å². The molecule has 0 amide bonds. The monoisotopic (exact) mass is 293 g/mol. The van der Waals surface area contributed by atoms with E-state index in [-0.39, 0.29) is 6.10 Å². The Morgan fingerprint density at radius 3 is 2.40 bits per heavy atom. The third kappa shape index (κ3) is 4.18. The SMILES string of the molecule is CCNC(c1ccc(F)c(C(F)(F)F)c1)C(C)OCC. The molecule has 0 saturated heterocycles. The third-order valence-electron chi connectivity index (χ3n) is 2.98. The Labute approximate surface area is 116 Å². The van der Waals surface area contributed by atoms with Crippen LogP contribution in [-0.2, 0) is 10.9 Å². The summed E-state index contributed by atoms with van der Waals surface area (Å²) in [5.41, 5.74) is -0.886. The number of likely N-dealkylation sites (N-methyl/N-ethyl adjacent to an activating group) is 1. The standard InChI is InChI=1S/C14H19F4NO/c1-4-19-13(9(3)20-5-2)10-6-7-12(15)11(8-10)14(16,17)18/h6-9,13,19H,4-5H2,1-3H3. The highest BCUT2D eigenvalue weighted by molar-refractivity contribution is 5.30. The molecule has 1 aromatic carbocycles. The Morgan fingerprint density at radius 2 is 1.90 bits per heavy atom. The molecule has 0 bridgehead atoms. The molecule has 2 nitrogen and oxygen atoms in total. The second kappa shape index (κ2) is 7.04. The zero-order valence-corrected chi connectivity index (χ0v) is 11.7. The molecule has 0 aliphatic rings. The Bertz CT molecular complexity index is 434. The summed E-state index contributed by atoms with van der Waals surface area (Å²) in [5, 5.41) is 3.07. The Morgan fingerprint density at radius 1 is 1.25 bits per heavy atom. The number of rotatable bonds is 6. The second-order valence-corrected chi connectivity index (χ2v) is 4.43. The zero-order valence-electron chi connectivity index (χ0n) is 11.7. The molecule has 1 aromatic rings. The summed E-state index contributed by atoms with van der Waals surface area (Å²) < 4.78 is 56.9. The molecule has 1 N–H and O–H groups in total. The lowest BCUT2D eigenvalue weighted by atomic mass is 9.99. The van der Waals surface area contributed by atoms with Crippen molar-refractivity contribution in [3.05, 3.63) is 35.1 Å². The molecule has 0 fully saturated rings. The summed E-state index contributed by atoms with van der Waals surface area (Å²) in [4.78, 5) is 0. The molecule has 20 heavy (non-hydrogen) atoms. The topological polar surface area (TPSA) is 21.3 Å². The van der Waals surface area contributed by atoms with E-state index in [9.17, 15) is 17.6 Å². The number of hydrogen-bond acceptors (Lipinski definition) is 2. The zero-order chi connectivity index (χ0) is 15.3. The quantitative estimate of drug-likeness (QED) is 0.803. The van der Waals surface area contributed by atoms with Crippen LogP contribution in [0.1, 0.15) is 37.9 Å². The summed E-state index contributed by atoms with van der Waals surface area (Å²) in [5.74, 6) is -1.26. The summed E-state index contributed by atoms with van der Waals surface area (Å²) in [6, 6.07) is 2.63. The van der Waals surface area contributed by atoms with Crippen LogP contribution >= 0.6 is 0 Å². The van der Waals surface area contributed by atoms with Crippen molar-refractivity contribution in [2.75, 3.05) is 13.2 Å². The third-order valence-corrected chi connectivity index (χ3v) is 2.98. The number of hydrogen-bond donors (Lipinski definition) is 1. The Balaban J connectivity index is 3.14. The average Bonchev–Trinajstić information content (AvgIpc) is 2.35. The summed E-state index contributed by atoms with van der Waals surface area (Å²) >= 11 is 0. The van der Waals surface area contributed by atoms with Crippen molar-refractivity contribution in [3.8, 4) is 0 Å². The van der Waals surface area contributed by atoms with Gasteiger partial charge in [0.25, 0.3) is 0 Å². The maximum absolute atomic E-state index is 13.3. The highest BCUT2D eigenvalue weighted by Crippen LogP contribution is 2.33. The van der Waals surface area contributed by atoms with E-state index in [1.807, 2.05) is 13.8 Å². The first-order chi connectivity index (χ1) is 9.31. The van der Waals surface area contributed by atoms with Crippen LogP contribution in [0.4, 0.5) is 17.6 Å². The minimum absolute atomic E-state index is 0.313. The summed E-state index contributed by atoms with van der Waals surface area (Å²) in [7, 11) is 0. The van der Waals surface area contributed by atoms with E-state index in [0.717, 1.165) is 12.1 Å². The van der Waals surface area contributed by atoms with Crippen molar-refractivity contribution >= 4 is 0 Å². The van der Waals surface area contributed by atoms with Gasteiger partial charge in [0.1, 0.15) is 5.82 Å². The maximum Gasteiger partial charge on any atom is 0.419 e. The Kier molecular flexibility index (Phi) is 5.95. The highest BCUT2D eigenvalue weighted by atomic mass is 19.4. The van der Waals surface area contributed by atoms with E-state index >= 15 is 0 Å². The molecule has 114 valence electrons. The fourth-order valence-corrected chi connectivity index (χ4v) is 2.09. The smallest absolute Gasteiger partial charge is 0.377 e. The van der Waals surface area contributed by atoms with Crippen LogP contribution in [0.5, 0.6) is 0 Å². The van der Waals surface area contributed by atoms with Gasteiger partial charge in [0.2, 0.25) is 0 Å². The van der Waals surface area contributed by atoms with E-state index in [1.165, 1.54) is 6.07 Å². The van der Waals surface area contributed by atoms with Crippen molar-refractivity contribution in [3.63, 3.8) is 0 Å². The molecule has 6 heteroatoms.